The quantitative estimate of drug-likeness (QED) is 0.503. The van der Waals surface area contributed by atoms with Gasteiger partial charge in [0.2, 0.25) is 0 Å². The van der Waals surface area contributed by atoms with Gasteiger partial charge in [-0.15, -0.1) is 0 Å². The normalized spacial score (nSPS) is 11.2. The number of nitrogens with zero attached hydrogens (tertiary/aromatic N) is 1. The molecule has 6 nitrogen and oxygen atoms in total. The van der Waals surface area contributed by atoms with Gasteiger partial charge in [0.1, 0.15) is 0 Å². The van der Waals surface area contributed by atoms with Gasteiger partial charge in [0.25, 0.3) is 11.6 Å². The molecule has 3 rings (SSSR count). The molecule has 27 heavy (non-hydrogen) atoms. The molecule has 6 heteroatoms. The monoisotopic (exact) mass is 363 g/mol. The van der Waals surface area contributed by atoms with E-state index in [1.54, 1.807) is 12.1 Å². The Hall–Kier alpha value is -3.41. The van der Waals surface area contributed by atoms with E-state index in [-0.39, 0.29) is 17.1 Å². The zero-order chi connectivity index (χ0) is 19.6. The van der Waals surface area contributed by atoms with Crippen LogP contribution in [0.4, 0.5) is 17.1 Å². The van der Waals surface area contributed by atoms with Crippen LogP contribution >= 0.6 is 0 Å². The number of nitrogens with one attached hydrogen (secondary N) is 2. The van der Waals surface area contributed by atoms with Crippen molar-refractivity contribution in [3.8, 4) is 0 Å². The maximum absolute atomic E-state index is 12.8. The Morgan fingerprint density at radius 2 is 1.56 bits per heavy atom. The minimum Gasteiger partial charge on any atom is -0.355 e. The Bertz CT molecular complexity index is 1010. The largest absolute Gasteiger partial charge is 0.355 e. The molecule has 0 aromatic heterocycles. The summed E-state index contributed by atoms with van der Waals surface area (Å²) in [5, 5.41) is 19.0. The van der Waals surface area contributed by atoms with Crippen LogP contribution in [0.3, 0.4) is 0 Å². The lowest BCUT2D eigenvalue weighted by atomic mass is 10.0. The van der Waals surface area contributed by atoms with E-state index < -0.39 is 4.92 Å². The summed E-state index contributed by atoms with van der Waals surface area (Å²) in [4.78, 5) is 23.2. The average molecular weight is 363 g/mol. The van der Waals surface area contributed by atoms with E-state index >= 15 is 0 Å². The van der Waals surface area contributed by atoms with Crippen molar-refractivity contribution in [2.45, 2.75) is 26.3 Å². The van der Waals surface area contributed by atoms with Crippen LogP contribution in [-0.4, -0.2) is 16.4 Å². The van der Waals surface area contributed by atoms with Gasteiger partial charge >= 0.3 is 0 Å². The molecule has 0 radical (unpaired) electrons. The third-order valence-electron chi connectivity index (χ3n) is 3.98. The zero-order valence-electron chi connectivity index (χ0n) is 15.4. The number of hydrogen-bond donors (Lipinski definition) is 2. The smallest absolute Gasteiger partial charge is 0.269 e. The van der Waals surface area contributed by atoms with Crippen molar-refractivity contribution in [3.63, 3.8) is 0 Å². The third-order valence-corrected chi connectivity index (χ3v) is 3.98. The van der Waals surface area contributed by atoms with E-state index in [1.165, 1.54) is 12.1 Å². The van der Waals surface area contributed by atoms with Gasteiger partial charge in [-0.2, -0.15) is 0 Å². The molecule has 0 saturated carbocycles. The number of non-ortho nitro benzene ring substituents is 1. The van der Waals surface area contributed by atoms with Gasteiger partial charge < -0.3 is 10.6 Å². The summed E-state index contributed by atoms with van der Waals surface area (Å²) in [5.74, 6) is -0.183. The first-order valence-electron chi connectivity index (χ1n) is 8.60. The molecule has 0 heterocycles. The molecule has 0 aliphatic rings. The number of nitro groups is 1. The first-order valence-corrected chi connectivity index (χ1v) is 8.60. The third kappa shape index (κ3) is 4.41. The van der Waals surface area contributed by atoms with Crippen molar-refractivity contribution in [1.82, 2.24) is 5.32 Å². The SMILES string of the molecule is CC(C)(C)NC(=O)c1cc2ccccc2cc1Nc1ccc([N+](=O)[O-])cc1. The lowest BCUT2D eigenvalue weighted by molar-refractivity contribution is -0.384. The van der Waals surface area contributed by atoms with Crippen LogP contribution in [0.5, 0.6) is 0 Å². The van der Waals surface area contributed by atoms with Gasteiger partial charge in [-0.05, 0) is 55.8 Å². The van der Waals surface area contributed by atoms with Gasteiger partial charge in [-0.3, -0.25) is 14.9 Å². The second-order valence-corrected chi connectivity index (χ2v) is 7.38. The van der Waals surface area contributed by atoms with Crippen molar-refractivity contribution >= 4 is 33.7 Å². The highest BCUT2D eigenvalue weighted by Crippen LogP contribution is 2.28. The Labute approximate surface area is 157 Å². The van der Waals surface area contributed by atoms with Gasteiger partial charge in [-0.1, -0.05) is 24.3 Å². The summed E-state index contributed by atoms with van der Waals surface area (Å²) >= 11 is 0. The minimum atomic E-state index is -0.442. The summed E-state index contributed by atoms with van der Waals surface area (Å²) in [6, 6.07) is 17.7. The number of benzene rings is 3. The highest BCUT2D eigenvalue weighted by molar-refractivity contribution is 6.05. The Morgan fingerprint density at radius 1 is 0.963 bits per heavy atom. The van der Waals surface area contributed by atoms with E-state index in [4.69, 9.17) is 0 Å². The van der Waals surface area contributed by atoms with Crippen molar-refractivity contribution in [2.24, 2.45) is 0 Å². The number of hydrogen-bond acceptors (Lipinski definition) is 4. The molecular weight excluding hydrogens is 342 g/mol. The molecule has 0 unspecified atom stereocenters. The molecule has 138 valence electrons. The summed E-state index contributed by atoms with van der Waals surface area (Å²) in [6.07, 6.45) is 0. The topological polar surface area (TPSA) is 84.3 Å². The average Bonchev–Trinajstić information content (AvgIpc) is 2.60. The lowest BCUT2D eigenvalue weighted by Crippen LogP contribution is -2.40. The van der Waals surface area contributed by atoms with Gasteiger partial charge in [0, 0.05) is 23.4 Å². The van der Waals surface area contributed by atoms with Crippen molar-refractivity contribution in [1.29, 1.82) is 0 Å². The Morgan fingerprint density at radius 3 is 2.11 bits per heavy atom. The summed E-state index contributed by atoms with van der Waals surface area (Å²) in [6.45, 7) is 5.78. The van der Waals surface area contributed by atoms with Crippen LogP contribution in [0.15, 0.2) is 60.7 Å². The molecule has 0 aliphatic heterocycles. The second kappa shape index (κ2) is 7.07. The molecule has 0 bridgehead atoms. The summed E-state index contributed by atoms with van der Waals surface area (Å²) < 4.78 is 0. The summed E-state index contributed by atoms with van der Waals surface area (Å²) in [7, 11) is 0. The van der Waals surface area contributed by atoms with E-state index in [1.807, 2.05) is 57.2 Å². The standard InChI is InChI=1S/C21H21N3O3/c1-21(2,3)23-20(25)18-12-14-6-4-5-7-15(14)13-19(18)22-16-8-10-17(11-9-16)24(26)27/h4-13,22H,1-3H3,(H,23,25). The van der Waals surface area contributed by atoms with E-state index in [0.717, 1.165) is 10.8 Å². The van der Waals surface area contributed by atoms with Crippen molar-refractivity contribution < 1.29 is 9.72 Å². The number of nitro benzene ring substituents is 1. The first-order chi connectivity index (χ1) is 12.7. The van der Waals surface area contributed by atoms with Crippen LogP contribution in [0.1, 0.15) is 31.1 Å². The van der Waals surface area contributed by atoms with Crippen LogP contribution in [-0.2, 0) is 0 Å². The van der Waals surface area contributed by atoms with Crippen LogP contribution < -0.4 is 10.6 Å². The molecule has 0 atom stereocenters. The maximum Gasteiger partial charge on any atom is 0.269 e. The maximum atomic E-state index is 12.8. The van der Waals surface area contributed by atoms with E-state index in [0.29, 0.717) is 16.9 Å². The first kappa shape index (κ1) is 18.4. The number of carbonyl (C=O) groups is 1. The minimum absolute atomic E-state index is 0.0183. The second-order valence-electron chi connectivity index (χ2n) is 7.38. The molecule has 0 fully saturated rings. The van der Waals surface area contributed by atoms with Crippen LogP contribution in [0.2, 0.25) is 0 Å². The van der Waals surface area contributed by atoms with Gasteiger partial charge in [-0.25, -0.2) is 0 Å². The Balaban J connectivity index is 2.02. The molecule has 2 N–H and O–H groups in total. The molecular formula is C21H21N3O3. The molecule has 0 spiro atoms. The fraction of sp³-hybridized carbons (Fsp3) is 0.190. The van der Waals surface area contributed by atoms with Crippen LogP contribution in [0.25, 0.3) is 10.8 Å². The van der Waals surface area contributed by atoms with Crippen molar-refractivity contribution in [3.05, 3.63) is 76.3 Å². The van der Waals surface area contributed by atoms with Crippen molar-refractivity contribution in [2.75, 3.05) is 5.32 Å². The molecule has 0 saturated heterocycles. The summed E-state index contributed by atoms with van der Waals surface area (Å²) in [5.41, 5.74) is 1.48. The number of fused-ring (bicyclic) bond motifs is 1. The number of rotatable bonds is 4. The fourth-order valence-electron chi connectivity index (χ4n) is 2.76. The molecule has 0 aliphatic carbocycles. The lowest BCUT2D eigenvalue weighted by Gasteiger charge is -2.22. The Kier molecular flexibility index (Phi) is 4.81. The predicted molar refractivity (Wildman–Crippen MR) is 108 cm³/mol. The fourth-order valence-corrected chi connectivity index (χ4v) is 2.76. The molecule has 1 amide bonds. The van der Waals surface area contributed by atoms with E-state index in [2.05, 4.69) is 10.6 Å². The molecule has 3 aromatic carbocycles. The zero-order valence-corrected chi connectivity index (χ0v) is 15.4. The molecule has 3 aromatic rings. The van der Waals surface area contributed by atoms with Gasteiger partial charge in [0.15, 0.2) is 0 Å². The highest BCUT2D eigenvalue weighted by atomic mass is 16.6. The van der Waals surface area contributed by atoms with E-state index in [9.17, 15) is 14.9 Å². The van der Waals surface area contributed by atoms with Gasteiger partial charge in [0.05, 0.1) is 16.2 Å². The number of anilines is 2. The highest BCUT2D eigenvalue weighted by Gasteiger charge is 2.19. The number of carbonyl (C=O) groups excluding carboxylic acids is 1. The predicted octanol–water partition coefficient (Wildman–Crippen LogP) is 5.02. The number of amides is 1. The van der Waals surface area contributed by atoms with Crippen LogP contribution in [0, 0.1) is 10.1 Å².